The van der Waals surface area contributed by atoms with Gasteiger partial charge in [-0.05, 0) is 18.4 Å². The van der Waals surface area contributed by atoms with Crippen LogP contribution in [0.3, 0.4) is 0 Å². The summed E-state index contributed by atoms with van der Waals surface area (Å²) in [7, 11) is 0. The molecule has 0 unspecified atom stereocenters. The van der Waals surface area contributed by atoms with Crippen molar-refractivity contribution in [2.45, 2.75) is 17.9 Å². The average molecular weight is 274 g/mol. The molecule has 2 aromatic rings. The van der Waals surface area contributed by atoms with Crippen molar-refractivity contribution < 1.29 is 13.2 Å². The fourth-order valence-electron chi connectivity index (χ4n) is 1.48. The predicted molar refractivity (Wildman–Crippen MR) is 61.1 cm³/mol. The number of aromatic nitrogens is 4. The van der Waals surface area contributed by atoms with E-state index >= 15 is 0 Å². The van der Waals surface area contributed by atoms with Crippen molar-refractivity contribution in [3.05, 3.63) is 24.5 Å². The van der Waals surface area contributed by atoms with E-state index in [1.165, 1.54) is 12.4 Å². The van der Waals surface area contributed by atoms with Gasteiger partial charge >= 0.3 is 6.18 Å². The lowest BCUT2D eigenvalue weighted by Crippen LogP contribution is -2.19. The average Bonchev–Trinajstić information content (AvgIpc) is 2.71. The Bertz CT molecular complexity index is 524. The Morgan fingerprint density at radius 3 is 2.44 bits per heavy atom. The van der Waals surface area contributed by atoms with Crippen LogP contribution < -0.4 is 0 Å². The molecule has 2 aromatic heterocycles. The van der Waals surface area contributed by atoms with Gasteiger partial charge in [-0.3, -0.25) is 9.55 Å². The van der Waals surface area contributed by atoms with Crippen molar-refractivity contribution in [2.75, 3.05) is 6.26 Å². The first-order chi connectivity index (χ1) is 8.51. The van der Waals surface area contributed by atoms with E-state index in [-0.39, 0.29) is 11.0 Å². The number of halogens is 3. The van der Waals surface area contributed by atoms with E-state index in [0.29, 0.717) is 5.56 Å². The SMILES string of the molecule is CSc1nnc(-c2ccncc2)n1CC(F)(F)F. The molecule has 18 heavy (non-hydrogen) atoms. The molecule has 0 N–H and O–H groups in total. The van der Waals surface area contributed by atoms with Crippen molar-refractivity contribution >= 4 is 11.8 Å². The van der Waals surface area contributed by atoms with Crippen molar-refractivity contribution in [2.24, 2.45) is 0 Å². The summed E-state index contributed by atoms with van der Waals surface area (Å²) < 4.78 is 38.7. The molecular formula is C10H9F3N4S. The van der Waals surface area contributed by atoms with Crippen LogP contribution in [0.1, 0.15) is 0 Å². The smallest absolute Gasteiger partial charge is 0.293 e. The topological polar surface area (TPSA) is 43.6 Å². The molecule has 0 saturated carbocycles. The van der Waals surface area contributed by atoms with Crippen molar-refractivity contribution in [1.29, 1.82) is 0 Å². The Labute approximate surface area is 105 Å². The minimum absolute atomic E-state index is 0.194. The number of hydrogen-bond donors (Lipinski definition) is 0. The monoisotopic (exact) mass is 274 g/mol. The van der Waals surface area contributed by atoms with Crippen LogP contribution in [0.5, 0.6) is 0 Å². The molecule has 0 bridgehead atoms. The quantitative estimate of drug-likeness (QED) is 0.807. The third-order valence-electron chi connectivity index (χ3n) is 2.18. The minimum Gasteiger partial charge on any atom is -0.293 e. The summed E-state index contributed by atoms with van der Waals surface area (Å²) in [6, 6.07) is 3.20. The molecule has 4 nitrogen and oxygen atoms in total. The first-order valence-corrected chi connectivity index (χ1v) is 6.18. The normalized spacial score (nSPS) is 11.8. The summed E-state index contributed by atoms with van der Waals surface area (Å²) in [4.78, 5) is 3.82. The highest BCUT2D eigenvalue weighted by atomic mass is 32.2. The van der Waals surface area contributed by atoms with Crippen LogP contribution in [0.4, 0.5) is 13.2 Å². The van der Waals surface area contributed by atoms with Gasteiger partial charge < -0.3 is 0 Å². The number of rotatable bonds is 3. The summed E-state index contributed by atoms with van der Waals surface area (Å²) in [6.07, 6.45) is 0.350. The second-order valence-corrected chi connectivity index (χ2v) is 4.22. The first kappa shape index (κ1) is 12.9. The van der Waals surface area contributed by atoms with Crippen molar-refractivity contribution in [1.82, 2.24) is 19.7 Å². The van der Waals surface area contributed by atoms with Crippen LogP contribution in [0.2, 0.25) is 0 Å². The molecular weight excluding hydrogens is 265 g/mol. The van der Waals surface area contributed by atoms with Gasteiger partial charge in [-0.25, -0.2) is 0 Å². The van der Waals surface area contributed by atoms with Crippen LogP contribution >= 0.6 is 11.8 Å². The Morgan fingerprint density at radius 1 is 1.22 bits per heavy atom. The summed E-state index contributed by atoms with van der Waals surface area (Å²) in [6.45, 7) is -1.10. The summed E-state index contributed by atoms with van der Waals surface area (Å²) in [5.74, 6) is 0.194. The molecule has 2 heterocycles. The lowest BCUT2D eigenvalue weighted by molar-refractivity contribution is -0.141. The van der Waals surface area contributed by atoms with Gasteiger partial charge in [-0.1, -0.05) is 11.8 Å². The van der Waals surface area contributed by atoms with Crippen LogP contribution in [0.15, 0.2) is 29.7 Å². The van der Waals surface area contributed by atoms with Gasteiger partial charge in [-0.2, -0.15) is 13.2 Å². The standard InChI is InChI=1S/C10H9F3N4S/c1-18-9-16-15-8(7-2-4-14-5-3-7)17(9)6-10(11,12)13/h2-5H,6H2,1H3. The lowest BCUT2D eigenvalue weighted by atomic mass is 10.2. The fraction of sp³-hybridized carbons (Fsp3) is 0.300. The Morgan fingerprint density at radius 2 is 1.89 bits per heavy atom. The van der Waals surface area contributed by atoms with Gasteiger partial charge in [0.25, 0.3) is 0 Å². The zero-order chi connectivity index (χ0) is 13.2. The molecule has 96 valence electrons. The van der Waals surface area contributed by atoms with Gasteiger partial charge in [0.1, 0.15) is 6.54 Å². The van der Waals surface area contributed by atoms with E-state index in [1.54, 1.807) is 18.4 Å². The van der Waals surface area contributed by atoms with Crippen LogP contribution in [-0.4, -0.2) is 32.2 Å². The first-order valence-electron chi connectivity index (χ1n) is 4.95. The van der Waals surface area contributed by atoms with Crippen LogP contribution in [0, 0.1) is 0 Å². The molecule has 0 aliphatic heterocycles. The Hall–Kier alpha value is -1.57. The largest absolute Gasteiger partial charge is 0.406 e. The number of hydrogen-bond acceptors (Lipinski definition) is 4. The Balaban J connectivity index is 2.46. The molecule has 0 atom stereocenters. The highest BCUT2D eigenvalue weighted by Crippen LogP contribution is 2.26. The molecule has 0 aliphatic rings. The van der Waals surface area contributed by atoms with Crippen molar-refractivity contribution in [3.63, 3.8) is 0 Å². The number of pyridine rings is 1. The Kier molecular flexibility index (Phi) is 3.55. The third-order valence-corrected chi connectivity index (χ3v) is 2.84. The number of nitrogens with zero attached hydrogens (tertiary/aromatic N) is 4. The van der Waals surface area contributed by atoms with E-state index < -0.39 is 12.7 Å². The zero-order valence-corrected chi connectivity index (χ0v) is 10.2. The summed E-state index contributed by atoms with van der Waals surface area (Å²) >= 11 is 1.13. The van der Waals surface area contributed by atoms with Gasteiger partial charge in [-0.15, -0.1) is 10.2 Å². The zero-order valence-electron chi connectivity index (χ0n) is 9.35. The highest BCUT2D eigenvalue weighted by molar-refractivity contribution is 7.98. The molecule has 0 aromatic carbocycles. The van der Waals surface area contributed by atoms with Crippen LogP contribution in [0.25, 0.3) is 11.4 Å². The fourth-order valence-corrected chi connectivity index (χ4v) is 1.97. The summed E-state index contributed by atoms with van der Waals surface area (Å²) in [5, 5.41) is 7.79. The highest BCUT2D eigenvalue weighted by Gasteiger charge is 2.31. The summed E-state index contributed by atoms with van der Waals surface area (Å²) in [5.41, 5.74) is 0.557. The van der Waals surface area contributed by atoms with Crippen LogP contribution in [-0.2, 0) is 6.54 Å². The maximum atomic E-state index is 12.5. The van der Waals surface area contributed by atoms with E-state index in [2.05, 4.69) is 15.2 Å². The third kappa shape index (κ3) is 2.81. The molecule has 0 spiro atoms. The van der Waals surface area contributed by atoms with E-state index in [1.807, 2.05) is 0 Å². The predicted octanol–water partition coefficient (Wildman–Crippen LogP) is 2.62. The molecule has 2 rings (SSSR count). The maximum Gasteiger partial charge on any atom is 0.406 e. The second kappa shape index (κ2) is 4.97. The van der Waals surface area contributed by atoms with Gasteiger partial charge in [0, 0.05) is 18.0 Å². The number of alkyl halides is 3. The van der Waals surface area contributed by atoms with E-state index in [9.17, 15) is 13.2 Å². The molecule has 0 amide bonds. The van der Waals surface area contributed by atoms with Gasteiger partial charge in [0.05, 0.1) is 0 Å². The van der Waals surface area contributed by atoms with Gasteiger partial charge in [0.2, 0.25) is 0 Å². The maximum absolute atomic E-state index is 12.5. The van der Waals surface area contributed by atoms with Crippen molar-refractivity contribution in [3.8, 4) is 11.4 Å². The van der Waals surface area contributed by atoms with E-state index in [0.717, 1.165) is 16.3 Å². The molecule has 0 fully saturated rings. The second-order valence-electron chi connectivity index (χ2n) is 3.45. The van der Waals surface area contributed by atoms with Gasteiger partial charge in [0.15, 0.2) is 11.0 Å². The molecule has 0 aliphatic carbocycles. The lowest BCUT2D eigenvalue weighted by Gasteiger charge is -2.11. The minimum atomic E-state index is -4.31. The molecule has 0 saturated heterocycles. The number of thioether (sulfide) groups is 1. The van der Waals surface area contributed by atoms with E-state index in [4.69, 9.17) is 0 Å². The molecule has 0 radical (unpaired) electrons. The molecule has 8 heteroatoms.